The van der Waals surface area contributed by atoms with Crippen molar-refractivity contribution in [3.8, 4) is 35.1 Å². The molecule has 5 nitrogen and oxygen atoms in total. The number of ether oxygens (including phenoxy) is 1. The van der Waals surface area contributed by atoms with Crippen molar-refractivity contribution in [3.63, 3.8) is 0 Å². The number of nitrogens with zero attached hydrogens (tertiary/aromatic N) is 2. The third-order valence-corrected chi connectivity index (χ3v) is 3.01. The molecule has 0 aliphatic rings. The van der Waals surface area contributed by atoms with Gasteiger partial charge in [-0.15, -0.1) is 0 Å². The Balaban J connectivity index is 2.61. The smallest absolute Gasteiger partial charge is 0.179 e. The maximum Gasteiger partial charge on any atom is 0.179 e. The zero-order valence-corrected chi connectivity index (χ0v) is 11.5. The molecule has 21 heavy (non-hydrogen) atoms. The normalized spacial score (nSPS) is 9.71. The molecule has 2 rings (SSSR count). The van der Waals surface area contributed by atoms with Gasteiger partial charge in [-0.25, -0.2) is 0 Å². The number of hydrogen-bond acceptors (Lipinski definition) is 5. The molecule has 104 valence electrons. The van der Waals surface area contributed by atoms with Crippen molar-refractivity contribution in [1.29, 1.82) is 10.5 Å². The second kappa shape index (κ2) is 5.44. The highest BCUT2D eigenvalue weighted by atomic mass is 16.5. The van der Waals surface area contributed by atoms with Gasteiger partial charge in [0.1, 0.15) is 23.5 Å². The summed E-state index contributed by atoms with van der Waals surface area (Å²) in [6.07, 6.45) is 0. The molecule has 2 aromatic carbocycles. The van der Waals surface area contributed by atoms with E-state index in [1.807, 2.05) is 32.0 Å². The van der Waals surface area contributed by atoms with Gasteiger partial charge in [-0.3, -0.25) is 0 Å². The van der Waals surface area contributed by atoms with Crippen LogP contribution in [0.1, 0.15) is 22.3 Å². The summed E-state index contributed by atoms with van der Waals surface area (Å²) in [4.78, 5) is 0. The molecule has 0 unspecified atom stereocenters. The van der Waals surface area contributed by atoms with Crippen LogP contribution >= 0.6 is 0 Å². The molecule has 0 amide bonds. The SMILES string of the molecule is Cc1ccc(Oc2c(C#N)cc(O)c(O)c2C#N)c(C)c1. The van der Waals surface area contributed by atoms with Crippen molar-refractivity contribution in [2.24, 2.45) is 0 Å². The van der Waals surface area contributed by atoms with E-state index >= 15 is 0 Å². The summed E-state index contributed by atoms with van der Waals surface area (Å²) in [5.74, 6) is -0.728. The van der Waals surface area contributed by atoms with Crippen molar-refractivity contribution in [1.82, 2.24) is 0 Å². The number of nitriles is 2. The van der Waals surface area contributed by atoms with E-state index in [-0.39, 0.29) is 16.9 Å². The molecule has 0 spiro atoms. The van der Waals surface area contributed by atoms with Gasteiger partial charge < -0.3 is 14.9 Å². The molecule has 0 heterocycles. The molecule has 0 radical (unpaired) electrons. The van der Waals surface area contributed by atoms with E-state index in [4.69, 9.17) is 15.3 Å². The fraction of sp³-hybridized carbons (Fsp3) is 0.125. The summed E-state index contributed by atoms with van der Waals surface area (Å²) in [6, 6.07) is 10.1. The second-order valence-corrected chi connectivity index (χ2v) is 4.59. The average Bonchev–Trinajstić information content (AvgIpc) is 2.45. The van der Waals surface area contributed by atoms with E-state index in [0.29, 0.717) is 5.75 Å². The number of phenols is 2. The van der Waals surface area contributed by atoms with E-state index in [9.17, 15) is 10.2 Å². The van der Waals surface area contributed by atoms with Crippen LogP contribution in [0.4, 0.5) is 0 Å². The maximum atomic E-state index is 9.73. The lowest BCUT2D eigenvalue weighted by Crippen LogP contribution is -1.95. The predicted molar refractivity (Wildman–Crippen MR) is 75.2 cm³/mol. The van der Waals surface area contributed by atoms with Gasteiger partial charge in [-0.05, 0) is 25.5 Å². The minimum absolute atomic E-state index is 0.0261. The van der Waals surface area contributed by atoms with Gasteiger partial charge in [-0.2, -0.15) is 10.5 Å². The molecule has 2 aromatic rings. The van der Waals surface area contributed by atoms with Crippen molar-refractivity contribution < 1.29 is 14.9 Å². The minimum Gasteiger partial charge on any atom is -0.504 e. The first kappa shape index (κ1) is 14.2. The largest absolute Gasteiger partial charge is 0.504 e. The van der Waals surface area contributed by atoms with Gasteiger partial charge >= 0.3 is 0 Å². The second-order valence-electron chi connectivity index (χ2n) is 4.59. The van der Waals surface area contributed by atoms with Crippen LogP contribution in [0.25, 0.3) is 0 Å². The Morgan fingerprint density at radius 1 is 1.05 bits per heavy atom. The Morgan fingerprint density at radius 2 is 1.76 bits per heavy atom. The van der Waals surface area contributed by atoms with Crippen LogP contribution < -0.4 is 4.74 Å². The first-order chi connectivity index (χ1) is 9.97. The van der Waals surface area contributed by atoms with Gasteiger partial charge in [0, 0.05) is 6.07 Å². The third kappa shape index (κ3) is 2.58. The summed E-state index contributed by atoms with van der Waals surface area (Å²) in [6.45, 7) is 3.77. The van der Waals surface area contributed by atoms with E-state index in [1.54, 1.807) is 12.1 Å². The number of aryl methyl sites for hydroxylation is 2. The lowest BCUT2D eigenvalue weighted by molar-refractivity contribution is 0.395. The van der Waals surface area contributed by atoms with Crippen molar-refractivity contribution >= 4 is 0 Å². The number of phenolic OH excluding ortho intramolecular Hbond substituents is 2. The van der Waals surface area contributed by atoms with Crippen LogP contribution in [-0.2, 0) is 0 Å². The van der Waals surface area contributed by atoms with E-state index in [0.717, 1.165) is 17.2 Å². The van der Waals surface area contributed by atoms with Crippen LogP contribution in [0.15, 0.2) is 24.3 Å². The van der Waals surface area contributed by atoms with Crippen LogP contribution in [-0.4, -0.2) is 10.2 Å². The number of aromatic hydroxyl groups is 2. The summed E-state index contributed by atoms with van der Waals surface area (Å²) in [5.41, 5.74) is 1.58. The van der Waals surface area contributed by atoms with Gasteiger partial charge in [0.15, 0.2) is 17.2 Å². The topological polar surface area (TPSA) is 97.3 Å². The lowest BCUT2D eigenvalue weighted by atomic mass is 10.1. The summed E-state index contributed by atoms with van der Waals surface area (Å²) in [7, 11) is 0. The van der Waals surface area contributed by atoms with Crippen molar-refractivity contribution in [3.05, 3.63) is 46.5 Å². The maximum absolute atomic E-state index is 9.73. The molecule has 0 aliphatic carbocycles. The lowest BCUT2D eigenvalue weighted by Gasteiger charge is -2.13. The fourth-order valence-electron chi connectivity index (χ4n) is 1.96. The highest BCUT2D eigenvalue weighted by Crippen LogP contribution is 2.40. The molecule has 0 aromatic heterocycles. The number of hydrogen-bond donors (Lipinski definition) is 2. The molecule has 0 saturated heterocycles. The third-order valence-electron chi connectivity index (χ3n) is 3.01. The minimum atomic E-state index is -0.601. The monoisotopic (exact) mass is 280 g/mol. The van der Waals surface area contributed by atoms with Crippen molar-refractivity contribution in [2.75, 3.05) is 0 Å². The van der Waals surface area contributed by atoms with Gasteiger partial charge in [0.25, 0.3) is 0 Å². The average molecular weight is 280 g/mol. The highest BCUT2D eigenvalue weighted by Gasteiger charge is 2.20. The van der Waals surface area contributed by atoms with Crippen LogP contribution in [0, 0.1) is 36.5 Å². The molecular weight excluding hydrogens is 268 g/mol. The summed E-state index contributed by atoms with van der Waals surface area (Å²) >= 11 is 0. The van der Waals surface area contributed by atoms with Gasteiger partial charge in [0.05, 0.1) is 5.56 Å². The Hall–Kier alpha value is -3.18. The molecule has 2 N–H and O–H groups in total. The van der Waals surface area contributed by atoms with Crippen LogP contribution in [0.2, 0.25) is 0 Å². The van der Waals surface area contributed by atoms with Crippen LogP contribution in [0.3, 0.4) is 0 Å². The fourth-order valence-corrected chi connectivity index (χ4v) is 1.96. The first-order valence-electron chi connectivity index (χ1n) is 6.12. The predicted octanol–water partition coefficient (Wildman–Crippen LogP) is 3.25. The van der Waals surface area contributed by atoms with E-state index < -0.39 is 11.5 Å². The highest BCUT2D eigenvalue weighted by molar-refractivity contribution is 5.66. The number of rotatable bonds is 2. The van der Waals surface area contributed by atoms with Crippen LogP contribution in [0.5, 0.6) is 23.0 Å². The summed E-state index contributed by atoms with van der Waals surface area (Å²) < 4.78 is 5.63. The summed E-state index contributed by atoms with van der Waals surface area (Å²) in [5, 5.41) is 37.5. The van der Waals surface area contributed by atoms with Crippen molar-refractivity contribution in [2.45, 2.75) is 13.8 Å². The Labute approximate surface area is 121 Å². The Bertz CT molecular complexity index is 799. The zero-order valence-electron chi connectivity index (χ0n) is 11.5. The number of benzene rings is 2. The molecule has 0 bridgehead atoms. The van der Waals surface area contributed by atoms with Gasteiger partial charge in [0.2, 0.25) is 0 Å². The molecule has 0 saturated carbocycles. The standard InChI is InChI=1S/C16H12N2O3/c1-9-3-4-14(10(2)5-9)21-16-11(7-17)6-13(19)15(20)12(16)8-18/h3-6,19-20H,1-2H3. The Morgan fingerprint density at radius 3 is 2.33 bits per heavy atom. The van der Waals surface area contributed by atoms with Gasteiger partial charge in [-0.1, -0.05) is 17.7 Å². The molecule has 0 aliphatic heterocycles. The molecule has 0 atom stereocenters. The quantitative estimate of drug-likeness (QED) is 0.823. The molecule has 5 heteroatoms. The van der Waals surface area contributed by atoms with E-state index in [1.165, 1.54) is 0 Å². The molecule has 0 fully saturated rings. The first-order valence-corrected chi connectivity index (χ1v) is 6.12. The molecular formula is C16H12N2O3. The van der Waals surface area contributed by atoms with E-state index in [2.05, 4.69) is 0 Å². The Kier molecular flexibility index (Phi) is 3.69. The zero-order chi connectivity index (χ0) is 15.6.